The summed E-state index contributed by atoms with van der Waals surface area (Å²) in [6, 6.07) is 12.4. The third kappa shape index (κ3) is 4.45. The average molecular weight is 407 g/mol. The number of benzene rings is 2. The van der Waals surface area contributed by atoms with Crippen LogP contribution in [0.1, 0.15) is 11.1 Å². The van der Waals surface area contributed by atoms with Crippen molar-refractivity contribution in [2.75, 3.05) is 16.9 Å². The molecule has 1 heterocycles. The summed E-state index contributed by atoms with van der Waals surface area (Å²) in [6.07, 6.45) is -4.48. The van der Waals surface area contributed by atoms with Crippen LogP contribution in [0.3, 0.4) is 0 Å². The first-order chi connectivity index (χ1) is 13.3. The molecule has 0 unspecified atom stereocenters. The number of rotatable bonds is 5. The van der Waals surface area contributed by atoms with E-state index in [0.717, 1.165) is 29.5 Å². The molecule has 28 heavy (non-hydrogen) atoms. The molecule has 0 atom stereocenters. The number of nitrogen functional groups attached to an aromatic ring is 1. The monoisotopic (exact) mass is 407 g/mol. The van der Waals surface area contributed by atoms with Crippen molar-refractivity contribution in [3.05, 3.63) is 59.7 Å². The number of halogens is 3. The molecule has 1 amide bonds. The van der Waals surface area contributed by atoms with Crippen molar-refractivity contribution in [2.24, 2.45) is 0 Å². The highest BCUT2D eigenvalue weighted by molar-refractivity contribution is 7.99. The van der Waals surface area contributed by atoms with Crippen LogP contribution in [0.15, 0.2) is 53.7 Å². The van der Waals surface area contributed by atoms with Gasteiger partial charge in [0.05, 0.1) is 11.3 Å². The predicted octanol–water partition coefficient (Wildman–Crippen LogP) is 3.72. The van der Waals surface area contributed by atoms with Crippen LogP contribution >= 0.6 is 11.8 Å². The number of aromatic nitrogens is 3. The summed E-state index contributed by atoms with van der Waals surface area (Å²) in [7, 11) is 0. The Kier molecular flexibility index (Phi) is 5.59. The lowest BCUT2D eigenvalue weighted by Crippen LogP contribution is -2.17. The average Bonchev–Trinajstić information content (AvgIpc) is 3.02. The molecule has 0 bridgehead atoms. The van der Waals surface area contributed by atoms with Crippen molar-refractivity contribution in [1.29, 1.82) is 0 Å². The number of carbonyl (C=O) groups is 1. The summed E-state index contributed by atoms with van der Waals surface area (Å²) in [4.78, 5) is 12.2. The van der Waals surface area contributed by atoms with Crippen molar-refractivity contribution in [3.63, 3.8) is 0 Å². The molecule has 6 nitrogen and oxygen atoms in total. The Labute approximate surface area is 162 Å². The minimum Gasteiger partial charge on any atom is -0.335 e. The third-order valence-corrected chi connectivity index (χ3v) is 4.81. The minimum absolute atomic E-state index is 0.0835. The molecular weight excluding hydrogens is 391 g/mol. The number of nitrogens with one attached hydrogen (secondary N) is 1. The first-order valence-corrected chi connectivity index (χ1v) is 9.10. The van der Waals surface area contributed by atoms with Gasteiger partial charge >= 0.3 is 6.18 Å². The Hall–Kier alpha value is -3.01. The van der Waals surface area contributed by atoms with Crippen molar-refractivity contribution in [3.8, 4) is 11.4 Å². The van der Waals surface area contributed by atoms with E-state index in [9.17, 15) is 18.0 Å². The predicted molar refractivity (Wildman–Crippen MR) is 101 cm³/mol. The van der Waals surface area contributed by atoms with Gasteiger partial charge in [-0.05, 0) is 24.6 Å². The second-order valence-corrected chi connectivity index (χ2v) is 6.85. The maximum Gasteiger partial charge on any atom is 0.416 e. The van der Waals surface area contributed by atoms with Gasteiger partial charge in [0.15, 0.2) is 5.82 Å². The van der Waals surface area contributed by atoms with Crippen molar-refractivity contribution >= 4 is 23.4 Å². The first-order valence-electron chi connectivity index (χ1n) is 8.12. The lowest BCUT2D eigenvalue weighted by Gasteiger charge is -2.12. The molecule has 0 aliphatic heterocycles. The standard InChI is InChI=1S/C18H16F3N5OS/c1-11-7-8-13(18(19,20)21)9-14(11)23-15(27)10-28-17-25-24-16(26(17)22)12-5-3-2-4-6-12/h2-9H,10,22H2,1H3,(H,23,27). The quantitative estimate of drug-likeness (QED) is 0.497. The van der Waals surface area contributed by atoms with Gasteiger partial charge in [0.1, 0.15) is 0 Å². The Balaban J connectivity index is 1.67. The van der Waals surface area contributed by atoms with Crippen molar-refractivity contribution in [1.82, 2.24) is 14.9 Å². The number of hydrogen-bond acceptors (Lipinski definition) is 5. The summed E-state index contributed by atoms with van der Waals surface area (Å²) in [5, 5.41) is 10.8. The smallest absolute Gasteiger partial charge is 0.335 e. The summed E-state index contributed by atoms with van der Waals surface area (Å²) in [6.45, 7) is 1.62. The fraction of sp³-hybridized carbons (Fsp3) is 0.167. The van der Waals surface area contributed by atoms with Gasteiger partial charge in [-0.25, -0.2) is 4.68 Å². The zero-order valence-electron chi connectivity index (χ0n) is 14.7. The van der Waals surface area contributed by atoms with Crippen LogP contribution in [0.2, 0.25) is 0 Å². The Morgan fingerprint density at radius 2 is 1.89 bits per heavy atom. The fourth-order valence-electron chi connectivity index (χ4n) is 2.41. The van der Waals surface area contributed by atoms with Crippen LogP contribution < -0.4 is 11.2 Å². The number of alkyl halides is 3. The highest BCUT2D eigenvalue weighted by Gasteiger charge is 2.31. The molecule has 3 aromatic rings. The van der Waals surface area contributed by atoms with E-state index in [0.29, 0.717) is 16.5 Å². The number of nitrogens with two attached hydrogens (primary N) is 1. The van der Waals surface area contributed by atoms with Gasteiger partial charge in [-0.3, -0.25) is 4.79 Å². The van der Waals surface area contributed by atoms with Gasteiger partial charge in [0.25, 0.3) is 0 Å². The molecule has 0 saturated heterocycles. The molecular formula is C18H16F3N5OS. The van der Waals surface area contributed by atoms with Gasteiger partial charge in [0, 0.05) is 11.3 Å². The molecule has 0 spiro atoms. The second kappa shape index (κ2) is 7.93. The minimum atomic E-state index is -4.48. The second-order valence-electron chi connectivity index (χ2n) is 5.91. The lowest BCUT2D eigenvalue weighted by atomic mass is 10.1. The van der Waals surface area contributed by atoms with E-state index in [1.807, 2.05) is 30.3 Å². The van der Waals surface area contributed by atoms with E-state index < -0.39 is 17.6 Å². The maximum absolute atomic E-state index is 12.8. The molecule has 0 aliphatic rings. The van der Waals surface area contributed by atoms with E-state index in [1.165, 1.54) is 10.7 Å². The summed E-state index contributed by atoms with van der Waals surface area (Å²) >= 11 is 1.04. The van der Waals surface area contributed by atoms with Gasteiger partial charge in [-0.2, -0.15) is 13.2 Å². The van der Waals surface area contributed by atoms with E-state index in [-0.39, 0.29) is 11.4 Å². The molecule has 0 fully saturated rings. The van der Waals surface area contributed by atoms with Crippen molar-refractivity contribution in [2.45, 2.75) is 18.3 Å². The maximum atomic E-state index is 12.8. The SMILES string of the molecule is Cc1ccc(C(F)(F)F)cc1NC(=O)CSc1nnc(-c2ccccc2)n1N. The number of anilines is 1. The van der Waals surface area contributed by atoms with Gasteiger partial charge < -0.3 is 11.2 Å². The largest absolute Gasteiger partial charge is 0.416 e. The Morgan fingerprint density at radius 1 is 1.18 bits per heavy atom. The van der Waals surface area contributed by atoms with Crippen LogP contribution in [-0.2, 0) is 11.0 Å². The highest BCUT2D eigenvalue weighted by atomic mass is 32.2. The molecule has 0 saturated carbocycles. The zero-order chi connectivity index (χ0) is 20.3. The van der Waals surface area contributed by atoms with Gasteiger partial charge in [0.2, 0.25) is 11.1 Å². The number of aryl methyl sites for hydroxylation is 1. The lowest BCUT2D eigenvalue weighted by molar-refractivity contribution is -0.137. The number of thioether (sulfide) groups is 1. The Morgan fingerprint density at radius 3 is 2.57 bits per heavy atom. The first kappa shape index (κ1) is 19.7. The molecule has 146 valence electrons. The van der Waals surface area contributed by atoms with Crippen LogP contribution in [0.4, 0.5) is 18.9 Å². The summed E-state index contributed by atoms with van der Waals surface area (Å²) in [5.74, 6) is 5.86. The summed E-state index contributed by atoms with van der Waals surface area (Å²) < 4.78 is 39.8. The Bertz CT molecular complexity index is 989. The van der Waals surface area contributed by atoms with Crippen LogP contribution in [0, 0.1) is 6.92 Å². The fourth-order valence-corrected chi connectivity index (χ4v) is 3.07. The van der Waals surface area contributed by atoms with E-state index in [2.05, 4.69) is 15.5 Å². The van der Waals surface area contributed by atoms with E-state index >= 15 is 0 Å². The van der Waals surface area contributed by atoms with E-state index in [4.69, 9.17) is 5.84 Å². The van der Waals surface area contributed by atoms with Crippen LogP contribution in [-0.4, -0.2) is 26.5 Å². The van der Waals surface area contributed by atoms with Crippen LogP contribution in [0.5, 0.6) is 0 Å². The third-order valence-electron chi connectivity index (χ3n) is 3.87. The molecule has 1 aromatic heterocycles. The molecule has 3 rings (SSSR count). The van der Waals surface area contributed by atoms with E-state index in [1.54, 1.807) is 6.92 Å². The number of nitrogens with zero attached hydrogens (tertiary/aromatic N) is 3. The number of carbonyl (C=O) groups excluding carboxylic acids is 1. The molecule has 0 radical (unpaired) electrons. The highest BCUT2D eigenvalue weighted by Crippen LogP contribution is 2.32. The van der Waals surface area contributed by atoms with Gasteiger partial charge in [-0.1, -0.05) is 48.2 Å². The normalized spacial score (nSPS) is 11.4. The molecule has 10 heteroatoms. The molecule has 0 aliphatic carbocycles. The van der Waals surface area contributed by atoms with Crippen molar-refractivity contribution < 1.29 is 18.0 Å². The summed E-state index contributed by atoms with van der Waals surface area (Å²) in [5.41, 5.74) is 0.586. The number of hydrogen-bond donors (Lipinski definition) is 2. The number of amides is 1. The van der Waals surface area contributed by atoms with Crippen LogP contribution in [0.25, 0.3) is 11.4 Å². The zero-order valence-corrected chi connectivity index (χ0v) is 15.5. The van der Waals surface area contributed by atoms with Gasteiger partial charge in [-0.15, -0.1) is 10.2 Å². The molecule has 3 N–H and O–H groups in total. The molecule has 2 aromatic carbocycles. The topological polar surface area (TPSA) is 85.8 Å².